The zero-order valence-corrected chi connectivity index (χ0v) is 25.8. The maximum Gasteiger partial charge on any atom is 0.164 e. The monoisotopic (exact) mass is 605 g/mol. The summed E-state index contributed by atoms with van der Waals surface area (Å²) in [4.78, 5) is 11.4. The van der Waals surface area contributed by atoms with Crippen LogP contribution in [0.15, 0.2) is 48.6 Å². The number of hydrogen-bond acceptors (Lipinski definition) is 8. The van der Waals surface area contributed by atoms with E-state index in [1.807, 2.05) is 12.3 Å². The van der Waals surface area contributed by atoms with Crippen LogP contribution in [-0.4, -0.2) is 59.6 Å². The minimum absolute atomic E-state index is 0.0845. The highest BCUT2D eigenvalue weighted by molar-refractivity contribution is 7.90. The van der Waals surface area contributed by atoms with Crippen molar-refractivity contribution < 1.29 is 12.8 Å². The van der Waals surface area contributed by atoms with Gasteiger partial charge in [-0.05, 0) is 67.0 Å². The van der Waals surface area contributed by atoms with Gasteiger partial charge in [-0.15, -0.1) is 0 Å². The molecule has 0 bridgehead atoms. The number of allylic oxidation sites excluding steroid dienone is 2. The van der Waals surface area contributed by atoms with Gasteiger partial charge in [-0.25, -0.2) is 22.8 Å². The molecule has 2 aliphatic carbocycles. The molecule has 3 aliphatic rings. The fourth-order valence-electron chi connectivity index (χ4n) is 6.07. The van der Waals surface area contributed by atoms with Crippen molar-refractivity contribution in [3.63, 3.8) is 0 Å². The average molecular weight is 606 g/mol. The molecule has 1 aliphatic heterocycles. The highest BCUT2D eigenvalue weighted by Gasteiger charge is 2.46. The van der Waals surface area contributed by atoms with Gasteiger partial charge in [0.1, 0.15) is 22.3 Å². The van der Waals surface area contributed by atoms with Crippen LogP contribution in [-0.2, 0) is 15.4 Å². The normalized spacial score (nSPS) is 22.9. The van der Waals surface area contributed by atoms with E-state index in [9.17, 15) is 12.8 Å². The molecule has 43 heavy (non-hydrogen) atoms. The summed E-state index contributed by atoms with van der Waals surface area (Å²) in [5.41, 5.74) is 9.99. The summed E-state index contributed by atoms with van der Waals surface area (Å²) in [6, 6.07) is 6.14. The second-order valence-corrected chi connectivity index (χ2v) is 14.7. The van der Waals surface area contributed by atoms with E-state index in [-0.39, 0.29) is 17.8 Å². The molecule has 9 nitrogen and oxygen atoms in total. The third kappa shape index (κ3) is 6.10. The van der Waals surface area contributed by atoms with Gasteiger partial charge in [0.25, 0.3) is 0 Å². The number of nitrogens with one attached hydrogen (secondary N) is 1. The fourth-order valence-corrected chi connectivity index (χ4v) is 7.15. The number of rotatable bonds is 9. The number of aromatic nitrogens is 4. The van der Waals surface area contributed by atoms with Gasteiger partial charge in [0.2, 0.25) is 0 Å². The Morgan fingerprint density at radius 1 is 1.16 bits per heavy atom. The zero-order valence-electron chi connectivity index (χ0n) is 25.0. The number of nitrogens with two attached hydrogens (primary N) is 1. The molecule has 1 saturated heterocycles. The van der Waals surface area contributed by atoms with Crippen LogP contribution in [0.25, 0.3) is 23.5 Å². The minimum Gasteiger partial charge on any atom is -0.355 e. The van der Waals surface area contributed by atoms with Gasteiger partial charge in [0.05, 0.1) is 29.2 Å². The zero-order chi connectivity index (χ0) is 30.4. The van der Waals surface area contributed by atoms with Gasteiger partial charge in [0.15, 0.2) is 5.82 Å². The number of nitrogens with zero attached hydrogens (tertiary/aromatic N) is 5. The Kier molecular flexibility index (Phi) is 7.89. The third-order valence-electron chi connectivity index (χ3n) is 8.77. The van der Waals surface area contributed by atoms with E-state index in [1.165, 1.54) is 11.8 Å². The summed E-state index contributed by atoms with van der Waals surface area (Å²) in [6.45, 7) is 4.57. The number of fused-ring (bicyclic) bond motifs is 1. The average Bonchev–Trinajstić information content (AvgIpc) is 3.58. The molecule has 2 aromatic heterocycles. The number of anilines is 2. The molecule has 1 aromatic carbocycles. The van der Waals surface area contributed by atoms with Gasteiger partial charge >= 0.3 is 0 Å². The number of hydrogen-bond donors (Lipinski definition) is 2. The van der Waals surface area contributed by atoms with Crippen molar-refractivity contribution in [1.29, 1.82) is 0 Å². The van der Waals surface area contributed by atoms with Gasteiger partial charge in [0, 0.05) is 47.7 Å². The van der Waals surface area contributed by atoms with Crippen LogP contribution in [0.2, 0.25) is 0 Å². The predicted octanol–water partition coefficient (Wildman–Crippen LogP) is 3.43. The summed E-state index contributed by atoms with van der Waals surface area (Å²) in [6.07, 6.45) is 17.2. The first-order chi connectivity index (χ1) is 20.6. The second-order valence-electron chi connectivity index (χ2n) is 12.5. The van der Waals surface area contributed by atoms with Crippen LogP contribution in [0.5, 0.6) is 0 Å². The van der Waals surface area contributed by atoms with Crippen molar-refractivity contribution in [2.75, 3.05) is 35.4 Å². The summed E-state index contributed by atoms with van der Waals surface area (Å²) in [7, 11) is -3.10. The lowest BCUT2D eigenvalue weighted by Gasteiger charge is -2.47. The SMILES string of the molecule is CC(C)c1ccc(N2C[C@H](CS(C)(=O)=O)[C@H]2N)c2/c1=C\C(Nc1ccnc(-c3cnn(C4(CF)CC4)c3)n1)=CCCC/C=2. The first kappa shape index (κ1) is 29.5. The summed E-state index contributed by atoms with van der Waals surface area (Å²) < 4.78 is 39.1. The van der Waals surface area contributed by atoms with Gasteiger partial charge in [-0.3, -0.25) is 4.68 Å². The first-order valence-corrected chi connectivity index (χ1v) is 17.1. The van der Waals surface area contributed by atoms with E-state index >= 15 is 0 Å². The second kappa shape index (κ2) is 11.5. The molecule has 228 valence electrons. The Hall–Kier alpha value is -3.57. The topological polar surface area (TPSA) is 119 Å². The van der Waals surface area contributed by atoms with E-state index < -0.39 is 22.1 Å². The highest BCUT2D eigenvalue weighted by atomic mass is 32.2. The highest BCUT2D eigenvalue weighted by Crippen LogP contribution is 2.43. The predicted molar refractivity (Wildman–Crippen MR) is 169 cm³/mol. The summed E-state index contributed by atoms with van der Waals surface area (Å²) in [5.74, 6) is 1.50. The maximum absolute atomic E-state index is 13.6. The smallest absolute Gasteiger partial charge is 0.164 e. The molecule has 0 radical (unpaired) electrons. The third-order valence-corrected chi connectivity index (χ3v) is 9.81. The first-order valence-electron chi connectivity index (χ1n) is 15.0. The molecule has 2 fully saturated rings. The van der Waals surface area contributed by atoms with Crippen molar-refractivity contribution in [1.82, 2.24) is 19.7 Å². The Morgan fingerprint density at radius 3 is 2.65 bits per heavy atom. The van der Waals surface area contributed by atoms with E-state index in [4.69, 9.17) is 10.7 Å². The van der Waals surface area contributed by atoms with E-state index in [1.54, 1.807) is 17.1 Å². The number of halogens is 1. The van der Waals surface area contributed by atoms with Gasteiger partial charge in [-0.1, -0.05) is 32.1 Å². The van der Waals surface area contributed by atoms with Crippen LogP contribution in [0, 0.1) is 5.92 Å². The molecule has 3 heterocycles. The molecule has 6 rings (SSSR count). The largest absolute Gasteiger partial charge is 0.355 e. The quantitative estimate of drug-likeness (QED) is 0.381. The van der Waals surface area contributed by atoms with E-state index in [0.717, 1.165) is 59.5 Å². The summed E-state index contributed by atoms with van der Waals surface area (Å²) >= 11 is 0. The minimum atomic E-state index is -3.10. The van der Waals surface area contributed by atoms with E-state index in [2.05, 4.69) is 64.5 Å². The van der Waals surface area contributed by atoms with Crippen molar-refractivity contribution in [2.45, 2.75) is 63.6 Å². The van der Waals surface area contributed by atoms with Crippen LogP contribution in [0.4, 0.5) is 15.9 Å². The molecular formula is C32H40FN7O2S. The molecule has 3 N–H and O–H groups in total. The van der Waals surface area contributed by atoms with Crippen molar-refractivity contribution in [3.05, 3.63) is 64.6 Å². The number of benzene rings is 1. The summed E-state index contributed by atoms with van der Waals surface area (Å²) in [5, 5.41) is 10.2. The van der Waals surface area contributed by atoms with E-state index in [0.29, 0.717) is 24.1 Å². The van der Waals surface area contributed by atoms with Crippen LogP contribution < -0.4 is 26.4 Å². The number of alkyl halides is 1. The maximum atomic E-state index is 13.6. The van der Waals surface area contributed by atoms with Crippen molar-refractivity contribution in [3.8, 4) is 11.4 Å². The lowest BCUT2D eigenvalue weighted by molar-refractivity contribution is 0.314. The number of sulfone groups is 1. The Labute approximate surface area is 252 Å². The Morgan fingerprint density at radius 2 is 1.95 bits per heavy atom. The van der Waals surface area contributed by atoms with Crippen LogP contribution in [0.1, 0.15) is 57.4 Å². The van der Waals surface area contributed by atoms with Crippen molar-refractivity contribution in [2.24, 2.45) is 11.7 Å². The Balaban J connectivity index is 1.33. The Bertz CT molecular complexity index is 1780. The molecule has 0 unspecified atom stereocenters. The lowest BCUT2D eigenvalue weighted by Crippen LogP contribution is -2.64. The van der Waals surface area contributed by atoms with Gasteiger partial charge in [-0.2, -0.15) is 5.10 Å². The molecule has 3 aromatic rings. The lowest BCUT2D eigenvalue weighted by atomic mass is 9.92. The standard InChI is InChI=1S/C32H40FN7O2S/c1-21(2)25-9-10-28(39-17-23(30(39)34)19-43(3,41)42)26-8-6-4-5-7-24(15-27(25)26)37-29-11-14-35-31(38-29)22-16-36-40(18-22)32(20-33)12-13-32/h7-11,14-16,18,21,23,30H,4-6,12-13,17,19-20,34H2,1-3H3,(H,35,37,38)/b24-7?,26-8-,27-15-/t23-,30+/m1/s1. The molecule has 2 atom stereocenters. The molecular weight excluding hydrogens is 565 g/mol. The molecule has 11 heteroatoms. The van der Waals surface area contributed by atoms with Gasteiger partial charge < -0.3 is 16.0 Å². The van der Waals surface area contributed by atoms with Crippen LogP contribution in [0.3, 0.4) is 0 Å². The fraction of sp³-hybridized carbons (Fsp3) is 0.469. The molecule has 0 spiro atoms. The molecule has 1 saturated carbocycles. The molecule has 0 amide bonds. The van der Waals surface area contributed by atoms with Crippen LogP contribution >= 0.6 is 0 Å². The van der Waals surface area contributed by atoms with Crippen molar-refractivity contribution >= 4 is 33.5 Å².